The molecule has 0 spiro atoms. The van der Waals surface area contributed by atoms with Crippen LogP contribution < -0.4 is 11.3 Å². The van der Waals surface area contributed by atoms with Crippen LogP contribution in [0.25, 0.3) is 0 Å². The number of hydrogen-bond acceptors (Lipinski definition) is 4. The number of hydrogen-bond donors (Lipinski definition) is 2. The van der Waals surface area contributed by atoms with Crippen LogP contribution in [0.4, 0.5) is 0 Å². The van der Waals surface area contributed by atoms with E-state index < -0.39 is 14.6 Å². The number of nitrogens with two attached hydrogens (primary N) is 1. The summed E-state index contributed by atoms with van der Waals surface area (Å²) in [6, 6.07) is -0.220. The van der Waals surface area contributed by atoms with Crippen molar-refractivity contribution in [1.29, 1.82) is 0 Å². The smallest absolute Gasteiger partial charge is 0.154 e. The molecule has 5 heteroatoms. The number of sulfone groups is 1. The van der Waals surface area contributed by atoms with E-state index in [9.17, 15) is 8.42 Å². The van der Waals surface area contributed by atoms with Crippen LogP contribution in [0, 0.1) is 5.92 Å². The van der Waals surface area contributed by atoms with Crippen molar-refractivity contribution in [3.63, 3.8) is 0 Å². The third-order valence-electron chi connectivity index (χ3n) is 3.10. The van der Waals surface area contributed by atoms with E-state index in [4.69, 9.17) is 5.84 Å². The van der Waals surface area contributed by atoms with Crippen molar-refractivity contribution in [2.24, 2.45) is 11.8 Å². The van der Waals surface area contributed by atoms with Gasteiger partial charge in [0.25, 0.3) is 0 Å². The first-order chi connectivity index (χ1) is 6.18. The van der Waals surface area contributed by atoms with Crippen LogP contribution in [0.15, 0.2) is 0 Å². The molecule has 0 aliphatic carbocycles. The van der Waals surface area contributed by atoms with Crippen molar-refractivity contribution >= 4 is 9.84 Å². The zero-order chi connectivity index (χ0) is 11.6. The molecular weight excluding hydrogens is 200 g/mol. The molecule has 0 aromatic rings. The van der Waals surface area contributed by atoms with E-state index in [0.29, 0.717) is 0 Å². The van der Waals surface area contributed by atoms with Crippen molar-refractivity contribution in [3.8, 4) is 0 Å². The molecule has 14 heavy (non-hydrogen) atoms. The SMILES string of the molecule is CCC(C)C(NN)C(C)(C)S(C)(=O)=O. The molecule has 0 aliphatic rings. The Morgan fingerprint density at radius 1 is 1.43 bits per heavy atom. The maximum Gasteiger partial charge on any atom is 0.154 e. The summed E-state index contributed by atoms with van der Waals surface area (Å²) in [7, 11) is -3.11. The molecule has 2 unspecified atom stereocenters. The van der Waals surface area contributed by atoms with E-state index in [0.717, 1.165) is 6.42 Å². The Kier molecular flexibility index (Phi) is 4.55. The first-order valence-corrected chi connectivity index (χ1v) is 6.73. The van der Waals surface area contributed by atoms with Gasteiger partial charge in [0.2, 0.25) is 0 Å². The molecule has 0 bridgehead atoms. The van der Waals surface area contributed by atoms with Gasteiger partial charge in [-0.1, -0.05) is 20.3 Å². The quantitative estimate of drug-likeness (QED) is 0.530. The zero-order valence-electron chi connectivity index (χ0n) is 9.66. The second-order valence-corrected chi connectivity index (χ2v) is 7.00. The molecule has 4 nitrogen and oxygen atoms in total. The molecule has 0 saturated carbocycles. The second kappa shape index (κ2) is 4.59. The van der Waals surface area contributed by atoms with E-state index >= 15 is 0 Å². The highest BCUT2D eigenvalue weighted by Crippen LogP contribution is 2.26. The van der Waals surface area contributed by atoms with Crippen LogP contribution in [0.5, 0.6) is 0 Å². The fourth-order valence-corrected chi connectivity index (χ4v) is 2.28. The van der Waals surface area contributed by atoms with Crippen molar-refractivity contribution in [3.05, 3.63) is 0 Å². The second-order valence-electron chi connectivity index (χ2n) is 4.41. The summed E-state index contributed by atoms with van der Waals surface area (Å²) in [5.74, 6) is 5.64. The molecule has 0 aliphatic heterocycles. The summed E-state index contributed by atoms with van der Waals surface area (Å²) in [4.78, 5) is 0. The van der Waals surface area contributed by atoms with Gasteiger partial charge in [0.1, 0.15) is 0 Å². The van der Waals surface area contributed by atoms with Gasteiger partial charge in [-0.15, -0.1) is 0 Å². The minimum absolute atomic E-state index is 0.220. The van der Waals surface area contributed by atoms with Gasteiger partial charge >= 0.3 is 0 Å². The summed E-state index contributed by atoms with van der Waals surface area (Å²) in [6.07, 6.45) is 2.15. The number of nitrogens with one attached hydrogen (secondary N) is 1. The monoisotopic (exact) mass is 222 g/mol. The number of rotatable bonds is 5. The highest BCUT2D eigenvalue weighted by molar-refractivity contribution is 7.92. The minimum atomic E-state index is -3.11. The van der Waals surface area contributed by atoms with E-state index in [1.165, 1.54) is 6.26 Å². The Bertz CT molecular complexity index is 273. The lowest BCUT2D eigenvalue weighted by molar-refractivity contribution is 0.308. The van der Waals surface area contributed by atoms with Crippen LogP contribution in [-0.2, 0) is 9.84 Å². The molecule has 0 aromatic heterocycles. The van der Waals surface area contributed by atoms with Gasteiger partial charge in [-0.05, 0) is 19.8 Å². The maximum absolute atomic E-state index is 11.6. The molecule has 2 atom stereocenters. The van der Waals surface area contributed by atoms with Crippen LogP contribution in [0.1, 0.15) is 34.1 Å². The third-order valence-corrected chi connectivity index (χ3v) is 5.26. The van der Waals surface area contributed by atoms with Crippen LogP contribution in [0.3, 0.4) is 0 Å². The molecule has 0 radical (unpaired) electrons. The largest absolute Gasteiger partial charge is 0.271 e. The Balaban J connectivity index is 5.03. The summed E-state index contributed by atoms with van der Waals surface area (Å²) >= 11 is 0. The first-order valence-electron chi connectivity index (χ1n) is 4.84. The van der Waals surface area contributed by atoms with Gasteiger partial charge in [-0.3, -0.25) is 11.3 Å². The van der Waals surface area contributed by atoms with Gasteiger partial charge in [0, 0.05) is 12.3 Å². The standard InChI is InChI=1S/C9H22N2O2S/c1-6-7(2)8(11-10)9(3,4)14(5,12)13/h7-8,11H,6,10H2,1-5H3. The summed E-state index contributed by atoms with van der Waals surface area (Å²) < 4.78 is 22.3. The van der Waals surface area contributed by atoms with Crippen molar-refractivity contribution < 1.29 is 8.42 Å². The Morgan fingerprint density at radius 3 is 2.07 bits per heavy atom. The van der Waals surface area contributed by atoms with Crippen LogP contribution in [0.2, 0.25) is 0 Å². The summed E-state index contributed by atoms with van der Waals surface area (Å²) in [5, 5.41) is 0. The Labute approximate surface area is 87.1 Å². The Morgan fingerprint density at radius 2 is 1.86 bits per heavy atom. The van der Waals surface area contributed by atoms with Gasteiger partial charge in [0.15, 0.2) is 9.84 Å². The number of hydrazine groups is 1. The molecule has 0 saturated heterocycles. The summed E-state index contributed by atoms with van der Waals surface area (Å²) in [6.45, 7) is 7.43. The summed E-state index contributed by atoms with van der Waals surface area (Å²) in [5.41, 5.74) is 2.62. The molecule has 0 rings (SSSR count). The van der Waals surface area contributed by atoms with Crippen LogP contribution in [-0.4, -0.2) is 25.5 Å². The molecular formula is C9H22N2O2S. The van der Waals surface area contributed by atoms with Gasteiger partial charge in [-0.25, -0.2) is 8.42 Å². The van der Waals surface area contributed by atoms with E-state index in [1.54, 1.807) is 13.8 Å². The van der Waals surface area contributed by atoms with Gasteiger partial charge in [0.05, 0.1) is 4.75 Å². The predicted octanol–water partition coefficient (Wildman–Crippen LogP) is 0.688. The maximum atomic E-state index is 11.6. The van der Waals surface area contributed by atoms with Crippen LogP contribution >= 0.6 is 0 Å². The Hall–Kier alpha value is -0.130. The van der Waals surface area contributed by atoms with E-state index in [1.807, 2.05) is 13.8 Å². The average Bonchev–Trinajstić information content (AvgIpc) is 2.02. The third kappa shape index (κ3) is 2.68. The fraction of sp³-hybridized carbons (Fsp3) is 1.00. The normalized spacial score (nSPS) is 17.9. The van der Waals surface area contributed by atoms with Gasteiger partial charge in [-0.2, -0.15) is 0 Å². The van der Waals surface area contributed by atoms with E-state index in [2.05, 4.69) is 5.43 Å². The molecule has 86 valence electrons. The zero-order valence-corrected chi connectivity index (χ0v) is 10.5. The highest BCUT2D eigenvalue weighted by Gasteiger charge is 2.40. The lowest BCUT2D eigenvalue weighted by atomic mass is 9.90. The average molecular weight is 222 g/mol. The highest BCUT2D eigenvalue weighted by atomic mass is 32.2. The van der Waals surface area contributed by atoms with E-state index in [-0.39, 0.29) is 12.0 Å². The fourth-order valence-electron chi connectivity index (χ4n) is 1.52. The minimum Gasteiger partial charge on any atom is -0.271 e. The lowest BCUT2D eigenvalue weighted by Crippen LogP contribution is -2.56. The molecule has 0 fully saturated rings. The first kappa shape index (κ1) is 13.9. The predicted molar refractivity (Wildman–Crippen MR) is 59.5 cm³/mol. The topological polar surface area (TPSA) is 72.2 Å². The van der Waals surface area contributed by atoms with Gasteiger partial charge < -0.3 is 0 Å². The lowest BCUT2D eigenvalue weighted by Gasteiger charge is -2.35. The molecule has 0 amide bonds. The van der Waals surface area contributed by atoms with Crippen molar-refractivity contribution in [2.45, 2.75) is 44.9 Å². The van der Waals surface area contributed by atoms with Crippen molar-refractivity contribution in [2.75, 3.05) is 6.26 Å². The van der Waals surface area contributed by atoms with Crippen molar-refractivity contribution in [1.82, 2.24) is 5.43 Å². The molecule has 0 heterocycles. The molecule has 0 aromatic carbocycles. The molecule has 3 N–H and O–H groups in total.